The number of halogens is 1. The molecule has 0 spiro atoms. The maximum atomic E-state index is 12.4. The van der Waals surface area contributed by atoms with Crippen LogP contribution < -0.4 is 0 Å². The van der Waals surface area contributed by atoms with E-state index in [-0.39, 0.29) is 0 Å². The van der Waals surface area contributed by atoms with Crippen molar-refractivity contribution in [1.29, 1.82) is 0 Å². The van der Waals surface area contributed by atoms with Gasteiger partial charge in [0, 0.05) is 19.2 Å². The lowest BCUT2D eigenvalue weighted by molar-refractivity contribution is 0.547. The fraction of sp³-hybridized carbons (Fsp3) is 0.500. The van der Waals surface area contributed by atoms with Gasteiger partial charge in [0.25, 0.3) is 0 Å². The molecule has 2 rings (SSSR count). The number of nitrogens with zero attached hydrogens (tertiary/aromatic N) is 2. The van der Waals surface area contributed by atoms with Crippen LogP contribution in [0.5, 0.6) is 0 Å². The van der Waals surface area contributed by atoms with Gasteiger partial charge in [-0.2, -0.15) is 8.42 Å². The Morgan fingerprint density at radius 2 is 2.33 bits per heavy atom. The van der Waals surface area contributed by atoms with Crippen LogP contribution >= 0.6 is 0 Å². The molecule has 12 heavy (non-hydrogen) atoms. The fourth-order valence-electron chi connectivity index (χ4n) is 1.35. The molecule has 1 aromatic rings. The molecule has 4 nitrogen and oxygen atoms in total. The van der Waals surface area contributed by atoms with Crippen LogP contribution in [0, 0.1) is 0 Å². The maximum Gasteiger partial charge on any atom is 0.351 e. The van der Waals surface area contributed by atoms with E-state index in [1.54, 1.807) is 4.57 Å². The van der Waals surface area contributed by atoms with E-state index in [1.807, 2.05) is 0 Å². The maximum absolute atomic E-state index is 12.4. The quantitative estimate of drug-likeness (QED) is 0.605. The monoisotopic (exact) mass is 190 g/mol. The zero-order valence-corrected chi connectivity index (χ0v) is 7.01. The Morgan fingerprint density at radius 3 is 2.92 bits per heavy atom. The molecule has 0 aromatic carbocycles. The minimum Gasteiger partial charge on any atom is -0.333 e. The van der Waals surface area contributed by atoms with Crippen LogP contribution in [0.2, 0.25) is 0 Å². The average molecular weight is 190 g/mol. The number of rotatable bonds is 1. The van der Waals surface area contributed by atoms with E-state index < -0.39 is 15.2 Å². The van der Waals surface area contributed by atoms with Crippen molar-refractivity contribution >= 4 is 10.2 Å². The van der Waals surface area contributed by atoms with Crippen LogP contribution in [0.1, 0.15) is 12.2 Å². The summed E-state index contributed by atoms with van der Waals surface area (Å²) in [5, 5.41) is -0.461. The van der Waals surface area contributed by atoms with Gasteiger partial charge in [0.1, 0.15) is 5.82 Å². The summed E-state index contributed by atoms with van der Waals surface area (Å²) in [5.74, 6) is 0.659. The molecule has 1 aliphatic heterocycles. The van der Waals surface area contributed by atoms with Gasteiger partial charge in [-0.3, -0.25) is 0 Å². The SMILES string of the molecule is O=S(=O)(F)c1cn2c(n1)CCC2. The van der Waals surface area contributed by atoms with Crippen molar-refractivity contribution in [1.82, 2.24) is 9.55 Å². The van der Waals surface area contributed by atoms with Gasteiger partial charge < -0.3 is 4.57 Å². The zero-order valence-electron chi connectivity index (χ0n) is 6.20. The van der Waals surface area contributed by atoms with Crippen LogP contribution in [-0.4, -0.2) is 18.0 Å². The summed E-state index contributed by atoms with van der Waals surface area (Å²) >= 11 is 0. The Bertz CT molecular complexity index is 388. The molecule has 0 saturated carbocycles. The summed E-state index contributed by atoms with van der Waals surface area (Å²) in [6, 6.07) is 0. The Kier molecular flexibility index (Phi) is 1.47. The molecule has 0 fully saturated rings. The van der Waals surface area contributed by atoms with Crippen molar-refractivity contribution in [2.45, 2.75) is 24.4 Å². The Labute approximate surface area is 69.2 Å². The van der Waals surface area contributed by atoms with Gasteiger partial charge in [0.05, 0.1) is 0 Å². The lowest BCUT2D eigenvalue weighted by Gasteiger charge is -1.88. The number of hydrogen-bond acceptors (Lipinski definition) is 3. The first-order chi connectivity index (χ1) is 5.57. The summed E-state index contributed by atoms with van der Waals surface area (Å²) in [7, 11) is -4.61. The number of aromatic nitrogens is 2. The largest absolute Gasteiger partial charge is 0.351 e. The fourth-order valence-corrected chi connectivity index (χ4v) is 1.81. The molecule has 0 unspecified atom stereocenters. The number of fused-ring (bicyclic) bond motifs is 1. The molecule has 1 aliphatic rings. The molecule has 1 aromatic heterocycles. The normalized spacial score (nSPS) is 16.4. The molecular weight excluding hydrogens is 183 g/mol. The molecule has 0 N–H and O–H groups in total. The number of aryl methyl sites for hydroxylation is 2. The van der Waals surface area contributed by atoms with Crippen molar-refractivity contribution in [2.75, 3.05) is 0 Å². The van der Waals surface area contributed by atoms with Crippen molar-refractivity contribution in [3.63, 3.8) is 0 Å². The molecule has 0 aliphatic carbocycles. The van der Waals surface area contributed by atoms with E-state index in [9.17, 15) is 12.3 Å². The third-order valence-corrected chi connectivity index (χ3v) is 2.58. The van der Waals surface area contributed by atoms with Crippen molar-refractivity contribution in [3.8, 4) is 0 Å². The van der Waals surface area contributed by atoms with E-state index in [0.717, 1.165) is 19.4 Å². The third kappa shape index (κ3) is 1.12. The topological polar surface area (TPSA) is 52.0 Å². The Hall–Kier alpha value is -0.910. The van der Waals surface area contributed by atoms with Gasteiger partial charge in [0.2, 0.25) is 5.03 Å². The summed E-state index contributed by atoms with van der Waals surface area (Å²) in [5.41, 5.74) is 0. The minimum atomic E-state index is -4.61. The molecule has 0 amide bonds. The van der Waals surface area contributed by atoms with Gasteiger partial charge >= 0.3 is 10.2 Å². The zero-order chi connectivity index (χ0) is 8.77. The third-order valence-electron chi connectivity index (χ3n) is 1.89. The second kappa shape index (κ2) is 2.29. The predicted octanol–water partition coefficient (Wildman–Crippen LogP) is 0.488. The number of imidazole rings is 1. The van der Waals surface area contributed by atoms with Crippen molar-refractivity contribution in [2.24, 2.45) is 0 Å². The van der Waals surface area contributed by atoms with Crippen LogP contribution in [0.25, 0.3) is 0 Å². The average Bonchev–Trinajstić information content (AvgIpc) is 2.37. The van der Waals surface area contributed by atoms with Gasteiger partial charge in [-0.15, -0.1) is 0 Å². The van der Waals surface area contributed by atoms with Crippen molar-refractivity contribution < 1.29 is 12.3 Å². The molecule has 0 radical (unpaired) electrons. The highest BCUT2D eigenvalue weighted by atomic mass is 32.3. The van der Waals surface area contributed by atoms with E-state index in [0.29, 0.717) is 5.82 Å². The molecule has 66 valence electrons. The smallest absolute Gasteiger partial charge is 0.333 e. The lowest BCUT2D eigenvalue weighted by atomic mass is 10.4. The van der Waals surface area contributed by atoms with E-state index >= 15 is 0 Å². The van der Waals surface area contributed by atoms with Gasteiger partial charge in [-0.1, -0.05) is 3.89 Å². The summed E-state index contributed by atoms with van der Waals surface area (Å²) < 4.78 is 34.8. The van der Waals surface area contributed by atoms with Crippen LogP contribution in [-0.2, 0) is 23.2 Å². The molecule has 2 heterocycles. The molecule has 6 heteroatoms. The first kappa shape index (κ1) is 7.72. The van der Waals surface area contributed by atoms with Gasteiger partial charge in [-0.25, -0.2) is 4.98 Å². The standard InChI is InChI=1S/C6H7FN2O2S/c7-12(10,11)6-4-9-3-1-2-5(9)8-6/h4H,1-3H2. The highest BCUT2D eigenvalue weighted by molar-refractivity contribution is 7.86. The van der Waals surface area contributed by atoms with Crippen LogP contribution in [0.4, 0.5) is 3.89 Å². The first-order valence-electron chi connectivity index (χ1n) is 3.58. The lowest BCUT2D eigenvalue weighted by Crippen LogP contribution is -1.93. The molecule has 0 saturated heterocycles. The predicted molar refractivity (Wildman–Crippen MR) is 38.8 cm³/mol. The second-order valence-electron chi connectivity index (χ2n) is 2.73. The van der Waals surface area contributed by atoms with E-state index in [1.165, 1.54) is 6.20 Å². The summed E-state index contributed by atoms with van der Waals surface area (Å²) in [4.78, 5) is 3.66. The highest BCUT2D eigenvalue weighted by Crippen LogP contribution is 2.18. The summed E-state index contributed by atoms with van der Waals surface area (Å²) in [6.07, 6.45) is 2.93. The van der Waals surface area contributed by atoms with Gasteiger partial charge in [-0.05, 0) is 6.42 Å². The summed E-state index contributed by atoms with van der Waals surface area (Å²) in [6.45, 7) is 0.734. The van der Waals surface area contributed by atoms with E-state index in [4.69, 9.17) is 0 Å². The number of hydrogen-bond donors (Lipinski definition) is 0. The van der Waals surface area contributed by atoms with Crippen molar-refractivity contribution in [3.05, 3.63) is 12.0 Å². The Morgan fingerprint density at radius 1 is 1.58 bits per heavy atom. The second-order valence-corrected chi connectivity index (χ2v) is 4.02. The minimum absolute atomic E-state index is 0.461. The first-order valence-corrected chi connectivity index (χ1v) is 4.96. The van der Waals surface area contributed by atoms with Gasteiger partial charge in [0.15, 0.2) is 0 Å². The van der Waals surface area contributed by atoms with Crippen LogP contribution in [0.15, 0.2) is 11.2 Å². The van der Waals surface area contributed by atoms with Crippen LogP contribution in [0.3, 0.4) is 0 Å². The Balaban J connectivity index is 2.51. The molecular formula is C6H7FN2O2S. The highest BCUT2D eigenvalue weighted by Gasteiger charge is 2.21. The van der Waals surface area contributed by atoms with E-state index in [2.05, 4.69) is 4.98 Å². The molecule has 0 bridgehead atoms. The molecule has 0 atom stereocenters.